The first-order chi connectivity index (χ1) is 9.10. The van der Waals surface area contributed by atoms with Gasteiger partial charge in [-0.05, 0) is 43.0 Å². The van der Waals surface area contributed by atoms with Gasteiger partial charge < -0.3 is 0 Å². The van der Waals surface area contributed by atoms with Crippen LogP contribution >= 0.6 is 11.6 Å². The SMILES string of the molecule is Cc1cccc(CC(NN)c2ccc(C)cc2Cl)c1. The number of rotatable bonds is 4. The lowest BCUT2D eigenvalue weighted by Gasteiger charge is -2.18. The van der Waals surface area contributed by atoms with Crippen molar-refractivity contribution in [3.8, 4) is 0 Å². The molecule has 0 radical (unpaired) electrons. The molecular formula is C16H19ClN2. The molecule has 3 N–H and O–H groups in total. The first-order valence-electron chi connectivity index (χ1n) is 6.38. The molecular weight excluding hydrogens is 256 g/mol. The Labute approximate surface area is 119 Å². The van der Waals surface area contributed by atoms with Gasteiger partial charge in [0, 0.05) is 5.02 Å². The zero-order valence-corrected chi connectivity index (χ0v) is 12.0. The molecule has 1 atom stereocenters. The molecule has 100 valence electrons. The second-order valence-electron chi connectivity index (χ2n) is 4.94. The number of hydrazine groups is 1. The largest absolute Gasteiger partial charge is 0.271 e. The summed E-state index contributed by atoms with van der Waals surface area (Å²) in [5.41, 5.74) is 7.56. The zero-order chi connectivity index (χ0) is 13.8. The van der Waals surface area contributed by atoms with Crippen LogP contribution in [-0.2, 0) is 6.42 Å². The Morgan fingerprint density at radius 2 is 1.84 bits per heavy atom. The summed E-state index contributed by atoms with van der Waals surface area (Å²) in [5.74, 6) is 5.69. The predicted molar refractivity (Wildman–Crippen MR) is 81.1 cm³/mol. The maximum atomic E-state index is 6.30. The van der Waals surface area contributed by atoms with E-state index in [4.69, 9.17) is 17.4 Å². The number of hydrogen-bond acceptors (Lipinski definition) is 2. The number of hydrogen-bond donors (Lipinski definition) is 2. The average Bonchev–Trinajstić information content (AvgIpc) is 2.37. The van der Waals surface area contributed by atoms with E-state index >= 15 is 0 Å². The highest BCUT2D eigenvalue weighted by molar-refractivity contribution is 6.31. The highest BCUT2D eigenvalue weighted by atomic mass is 35.5. The fraction of sp³-hybridized carbons (Fsp3) is 0.250. The third kappa shape index (κ3) is 3.57. The summed E-state index contributed by atoms with van der Waals surface area (Å²) in [4.78, 5) is 0. The van der Waals surface area contributed by atoms with Crippen molar-refractivity contribution in [2.24, 2.45) is 5.84 Å². The van der Waals surface area contributed by atoms with Crippen molar-refractivity contribution in [1.82, 2.24) is 5.43 Å². The Hall–Kier alpha value is -1.35. The fourth-order valence-corrected chi connectivity index (χ4v) is 2.62. The second-order valence-corrected chi connectivity index (χ2v) is 5.34. The zero-order valence-electron chi connectivity index (χ0n) is 11.3. The van der Waals surface area contributed by atoms with E-state index in [1.165, 1.54) is 11.1 Å². The molecule has 0 saturated carbocycles. The van der Waals surface area contributed by atoms with Gasteiger partial charge in [-0.3, -0.25) is 11.3 Å². The predicted octanol–water partition coefficient (Wildman–Crippen LogP) is 3.70. The molecule has 0 aliphatic carbocycles. The molecule has 3 heteroatoms. The first-order valence-corrected chi connectivity index (χ1v) is 6.75. The Morgan fingerprint density at radius 1 is 1.11 bits per heavy atom. The van der Waals surface area contributed by atoms with Crippen molar-refractivity contribution in [2.75, 3.05) is 0 Å². The molecule has 0 aliphatic heterocycles. The summed E-state index contributed by atoms with van der Waals surface area (Å²) in [6, 6.07) is 14.5. The molecule has 0 aliphatic rings. The maximum absolute atomic E-state index is 6.30. The van der Waals surface area contributed by atoms with Gasteiger partial charge in [-0.25, -0.2) is 0 Å². The third-order valence-corrected chi connectivity index (χ3v) is 3.58. The van der Waals surface area contributed by atoms with Gasteiger partial charge in [0.05, 0.1) is 6.04 Å². The molecule has 2 aromatic rings. The van der Waals surface area contributed by atoms with Crippen LogP contribution in [0.15, 0.2) is 42.5 Å². The summed E-state index contributed by atoms with van der Waals surface area (Å²) < 4.78 is 0. The van der Waals surface area contributed by atoms with E-state index in [0.29, 0.717) is 0 Å². The van der Waals surface area contributed by atoms with Gasteiger partial charge in [0.1, 0.15) is 0 Å². The molecule has 0 aromatic heterocycles. The Kier molecular flexibility index (Phi) is 4.59. The molecule has 19 heavy (non-hydrogen) atoms. The van der Waals surface area contributed by atoms with E-state index in [1.54, 1.807) is 0 Å². The summed E-state index contributed by atoms with van der Waals surface area (Å²) in [6.07, 6.45) is 0.820. The number of aryl methyl sites for hydroxylation is 2. The van der Waals surface area contributed by atoms with Crippen molar-refractivity contribution in [1.29, 1.82) is 0 Å². The number of nitrogens with one attached hydrogen (secondary N) is 1. The topological polar surface area (TPSA) is 38.0 Å². The van der Waals surface area contributed by atoms with Crippen LogP contribution in [0.5, 0.6) is 0 Å². The number of halogens is 1. The van der Waals surface area contributed by atoms with Crippen molar-refractivity contribution in [3.05, 3.63) is 69.7 Å². The van der Waals surface area contributed by atoms with Crippen LogP contribution in [0.2, 0.25) is 5.02 Å². The average molecular weight is 275 g/mol. The van der Waals surface area contributed by atoms with Crippen molar-refractivity contribution in [2.45, 2.75) is 26.3 Å². The van der Waals surface area contributed by atoms with E-state index in [2.05, 4.69) is 42.7 Å². The monoisotopic (exact) mass is 274 g/mol. The van der Waals surface area contributed by atoms with Crippen LogP contribution in [0.25, 0.3) is 0 Å². The smallest absolute Gasteiger partial charge is 0.0515 e. The normalized spacial score (nSPS) is 12.4. The molecule has 2 aromatic carbocycles. The first kappa shape index (κ1) is 14.1. The highest BCUT2D eigenvalue weighted by Crippen LogP contribution is 2.26. The molecule has 0 amide bonds. The Balaban J connectivity index is 2.25. The second kappa shape index (κ2) is 6.20. The minimum absolute atomic E-state index is 0.0231. The minimum atomic E-state index is 0.0231. The lowest BCUT2D eigenvalue weighted by atomic mass is 9.97. The third-order valence-electron chi connectivity index (χ3n) is 3.25. The van der Waals surface area contributed by atoms with Gasteiger partial charge in [-0.2, -0.15) is 0 Å². The Bertz CT molecular complexity index is 566. The summed E-state index contributed by atoms with van der Waals surface area (Å²) >= 11 is 6.30. The van der Waals surface area contributed by atoms with Crippen molar-refractivity contribution >= 4 is 11.6 Å². The van der Waals surface area contributed by atoms with Crippen LogP contribution in [0, 0.1) is 13.8 Å². The number of nitrogens with two attached hydrogens (primary N) is 1. The van der Waals surface area contributed by atoms with E-state index in [0.717, 1.165) is 22.6 Å². The molecule has 1 unspecified atom stereocenters. The minimum Gasteiger partial charge on any atom is -0.271 e. The van der Waals surface area contributed by atoms with Crippen LogP contribution in [0.3, 0.4) is 0 Å². The van der Waals surface area contributed by atoms with Gasteiger partial charge in [0.2, 0.25) is 0 Å². The standard InChI is InChI=1S/C16H19ClN2/c1-11-4-3-5-13(8-11)10-16(19-18)14-7-6-12(2)9-15(14)17/h3-9,16,19H,10,18H2,1-2H3. The lowest BCUT2D eigenvalue weighted by molar-refractivity contribution is 0.552. The van der Waals surface area contributed by atoms with E-state index in [9.17, 15) is 0 Å². The molecule has 0 fully saturated rings. The van der Waals surface area contributed by atoms with Crippen LogP contribution in [0.1, 0.15) is 28.3 Å². The summed E-state index contributed by atoms with van der Waals surface area (Å²) in [6.45, 7) is 4.12. The maximum Gasteiger partial charge on any atom is 0.0515 e. The van der Waals surface area contributed by atoms with Gasteiger partial charge in [-0.15, -0.1) is 0 Å². The van der Waals surface area contributed by atoms with E-state index in [1.807, 2.05) is 19.1 Å². The number of benzene rings is 2. The van der Waals surface area contributed by atoms with Crippen LogP contribution in [0.4, 0.5) is 0 Å². The Morgan fingerprint density at radius 3 is 2.47 bits per heavy atom. The lowest BCUT2D eigenvalue weighted by Crippen LogP contribution is -2.29. The van der Waals surface area contributed by atoms with Crippen LogP contribution in [-0.4, -0.2) is 0 Å². The van der Waals surface area contributed by atoms with Gasteiger partial charge in [0.15, 0.2) is 0 Å². The molecule has 0 spiro atoms. The van der Waals surface area contributed by atoms with Crippen molar-refractivity contribution < 1.29 is 0 Å². The summed E-state index contributed by atoms with van der Waals surface area (Å²) in [7, 11) is 0. The quantitative estimate of drug-likeness (QED) is 0.659. The van der Waals surface area contributed by atoms with Crippen LogP contribution < -0.4 is 11.3 Å². The molecule has 0 bridgehead atoms. The fourth-order valence-electron chi connectivity index (χ4n) is 2.25. The van der Waals surface area contributed by atoms with E-state index in [-0.39, 0.29) is 6.04 Å². The van der Waals surface area contributed by atoms with Crippen molar-refractivity contribution in [3.63, 3.8) is 0 Å². The van der Waals surface area contributed by atoms with Gasteiger partial charge >= 0.3 is 0 Å². The molecule has 0 heterocycles. The summed E-state index contributed by atoms with van der Waals surface area (Å²) in [5, 5.41) is 0.760. The highest BCUT2D eigenvalue weighted by Gasteiger charge is 2.14. The molecule has 2 rings (SSSR count). The van der Waals surface area contributed by atoms with E-state index < -0.39 is 0 Å². The molecule has 2 nitrogen and oxygen atoms in total. The molecule has 0 saturated heterocycles. The van der Waals surface area contributed by atoms with Gasteiger partial charge in [-0.1, -0.05) is 53.6 Å². The van der Waals surface area contributed by atoms with Gasteiger partial charge in [0.25, 0.3) is 0 Å².